The van der Waals surface area contributed by atoms with Crippen LogP contribution in [0.1, 0.15) is 31.2 Å². The molecule has 6 heteroatoms. The third kappa shape index (κ3) is 5.17. The van der Waals surface area contributed by atoms with Gasteiger partial charge in [0.25, 0.3) is 0 Å². The van der Waals surface area contributed by atoms with Crippen molar-refractivity contribution in [2.45, 2.75) is 32.2 Å². The predicted octanol–water partition coefficient (Wildman–Crippen LogP) is 2.69. The van der Waals surface area contributed by atoms with Gasteiger partial charge in [-0.25, -0.2) is 4.39 Å². The second kappa shape index (κ2) is 9.33. The van der Waals surface area contributed by atoms with Gasteiger partial charge in [-0.05, 0) is 49.4 Å². The highest BCUT2D eigenvalue weighted by Gasteiger charge is 2.23. The van der Waals surface area contributed by atoms with Crippen molar-refractivity contribution in [2.24, 2.45) is 5.92 Å². The molecular weight excluding hydrogens is 335 g/mol. The van der Waals surface area contributed by atoms with E-state index >= 15 is 0 Å². The number of hydrogen-bond acceptors (Lipinski definition) is 4. The van der Waals surface area contributed by atoms with Crippen LogP contribution in [0.4, 0.5) is 4.39 Å². The van der Waals surface area contributed by atoms with E-state index in [-0.39, 0.29) is 11.7 Å². The first-order valence-corrected chi connectivity index (χ1v) is 9.56. The molecule has 1 aromatic rings. The van der Waals surface area contributed by atoms with Crippen LogP contribution >= 0.6 is 0 Å². The lowest BCUT2D eigenvalue weighted by molar-refractivity contribution is -0.135. The fourth-order valence-corrected chi connectivity index (χ4v) is 3.89. The quantitative estimate of drug-likeness (QED) is 0.778. The van der Waals surface area contributed by atoms with Gasteiger partial charge in [-0.15, -0.1) is 0 Å². The maximum atomic E-state index is 13.6. The number of morpholine rings is 1. The summed E-state index contributed by atoms with van der Waals surface area (Å²) in [5.41, 5.74) is 1.06. The van der Waals surface area contributed by atoms with Crippen LogP contribution < -0.4 is 4.74 Å². The summed E-state index contributed by atoms with van der Waals surface area (Å²) in [7, 11) is 1.49. The predicted molar refractivity (Wildman–Crippen MR) is 97.6 cm³/mol. The van der Waals surface area contributed by atoms with Crippen molar-refractivity contribution in [1.29, 1.82) is 0 Å². The molecule has 0 aromatic heterocycles. The van der Waals surface area contributed by atoms with Gasteiger partial charge < -0.3 is 14.4 Å². The highest BCUT2D eigenvalue weighted by atomic mass is 19.1. The summed E-state index contributed by atoms with van der Waals surface area (Å²) < 4.78 is 23.9. The molecule has 0 bridgehead atoms. The number of carbonyl (C=O) groups is 1. The van der Waals surface area contributed by atoms with Crippen molar-refractivity contribution in [3.05, 3.63) is 29.6 Å². The summed E-state index contributed by atoms with van der Waals surface area (Å²) in [5.74, 6) is 0.784. The van der Waals surface area contributed by atoms with Crippen LogP contribution in [0.25, 0.3) is 0 Å². The van der Waals surface area contributed by atoms with Crippen LogP contribution in [0, 0.1) is 11.7 Å². The average Bonchev–Trinajstić information content (AvgIpc) is 2.68. The lowest BCUT2D eigenvalue weighted by Gasteiger charge is -2.33. The summed E-state index contributed by atoms with van der Waals surface area (Å²) in [4.78, 5) is 16.7. The minimum Gasteiger partial charge on any atom is -0.494 e. The minimum absolute atomic E-state index is 0.258. The van der Waals surface area contributed by atoms with Crippen molar-refractivity contribution in [2.75, 3.05) is 46.5 Å². The number of ether oxygens (including phenoxy) is 2. The molecule has 144 valence electrons. The third-order valence-electron chi connectivity index (χ3n) is 5.36. The van der Waals surface area contributed by atoms with E-state index in [4.69, 9.17) is 9.47 Å². The third-order valence-corrected chi connectivity index (χ3v) is 5.36. The van der Waals surface area contributed by atoms with E-state index in [1.807, 2.05) is 11.0 Å². The normalized spacial score (nSPS) is 21.6. The number of piperidine rings is 1. The molecule has 0 saturated carbocycles. The highest BCUT2D eigenvalue weighted by Crippen LogP contribution is 2.25. The number of benzene rings is 1. The van der Waals surface area contributed by atoms with E-state index in [1.54, 1.807) is 6.07 Å². The molecule has 1 unspecified atom stereocenters. The Morgan fingerprint density at radius 2 is 2.12 bits per heavy atom. The maximum absolute atomic E-state index is 13.6. The molecule has 2 heterocycles. The number of carbonyl (C=O) groups excluding carboxylic acids is 1. The van der Waals surface area contributed by atoms with Crippen LogP contribution in [0.5, 0.6) is 5.75 Å². The molecule has 2 aliphatic heterocycles. The van der Waals surface area contributed by atoms with Crippen molar-refractivity contribution in [3.8, 4) is 5.75 Å². The number of nitrogens with zero attached hydrogens (tertiary/aromatic N) is 2. The van der Waals surface area contributed by atoms with Crippen LogP contribution in [-0.4, -0.2) is 62.2 Å². The second-order valence-electron chi connectivity index (χ2n) is 7.24. The zero-order valence-electron chi connectivity index (χ0n) is 15.6. The highest BCUT2D eigenvalue weighted by molar-refractivity contribution is 5.76. The number of amides is 1. The molecule has 0 aliphatic carbocycles. The summed E-state index contributed by atoms with van der Waals surface area (Å²) in [6.07, 6.45) is 3.90. The first kappa shape index (κ1) is 19.1. The number of halogens is 1. The molecule has 1 aromatic carbocycles. The molecule has 0 radical (unpaired) electrons. The van der Waals surface area contributed by atoms with Gasteiger partial charge in [-0.1, -0.05) is 6.07 Å². The molecule has 0 spiro atoms. The Bertz CT molecular complexity index is 605. The lowest BCUT2D eigenvalue weighted by Crippen LogP contribution is -2.41. The van der Waals surface area contributed by atoms with Crippen molar-refractivity contribution in [3.63, 3.8) is 0 Å². The van der Waals surface area contributed by atoms with Gasteiger partial charge in [0.2, 0.25) is 5.91 Å². The Labute approximate surface area is 155 Å². The molecule has 0 N–H and O–H groups in total. The molecule has 1 amide bonds. The fourth-order valence-electron chi connectivity index (χ4n) is 3.89. The number of hydrogen-bond donors (Lipinski definition) is 0. The maximum Gasteiger partial charge on any atom is 0.222 e. The summed E-state index contributed by atoms with van der Waals surface area (Å²) in [6, 6.07) is 5.07. The van der Waals surface area contributed by atoms with Crippen LogP contribution in [0.15, 0.2) is 18.2 Å². The summed E-state index contributed by atoms with van der Waals surface area (Å²) in [6.45, 7) is 5.60. The van der Waals surface area contributed by atoms with Crippen molar-refractivity contribution < 1.29 is 18.7 Å². The Kier molecular flexibility index (Phi) is 6.86. The molecule has 2 saturated heterocycles. The van der Waals surface area contributed by atoms with E-state index in [2.05, 4.69) is 4.90 Å². The monoisotopic (exact) mass is 364 g/mol. The van der Waals surface area contributed by atoms with E-state index in [0.717, 1.165) is 51.1 Å². The number of likely N-dealkylation sites (tertiary alicyclic amines) is 1. The molecule has 3 rings (SSSR count). The molecule has 2 aliphatic rings. The lowest BCUT2D eigenvalue weighted by atomic mass is 9.92. The molecule has 1 atom stereocenters. The number of rotatable bonds is 6. The van der Waals surface area contributed by atoms with Gasteiger partial charge in [0, 0.05) is 32.6 Å². The van der Waals surface area contributed by atoms with E-state index in [9.17, 15) is 9.18 Å². The van der Waals surface area contributed by atoms with Gasteiger partial charge in [0.05, 0.1) is 20.3 Å². The average molecular weight is 364 g/mol. The largest absolute Gasteiger partial charge is 0.494 e. The Balaban J connectivity index is 1.47. The fraction of sp³-hybridized carbons (Fsp3) is 0.650. The zero-order valence-corrected chi connectivity index (χ0v) is 15.6. The van der Waals surface area contributed by atoms with Gasteiger partial charge in [0.1, 0.15) is 0 Å². The number of methoxy groups -OCH3 is 1. The minimum atomic E-state index is -0.325. The SMILES string of the molecule is COc1cc(CN2CCCC(CCC(=O)N3CCOCC3)C2)ccc1F. The standard InChI is InChI=1S/C20H29FN2O3/c1-25-19-13-17(4-6-18(19)21)15-22-8-2-3-16(14-22)5-7-20(24)23-9-11-26-12-10-23/h4,6,13,16H,2-3,5,7-12,14-15H2,1H3. The first-order valence-electron chi connectivity index (χ1n) is 9.56. The smallest absolute Gasteiger partial charge is 0.222 e. The van der Waals surface area contributed by atoms with Crippen LogP contribution in [0.2, 0.25) is 0 Å². The Morgan fingerprint density at radius 1 is 1.31 bits per heavy atom. The summed E-state index contributed by atoms with van der Waals surface area (Å²) >= 11 is 0. The molecular formula is C20H29FN2O3. The van der Waals surface area contributed by atoms with Gasteiger partial charge in [-0.3, -0.25) is 9.69 Å². The first-order chi connectivity index (χ1) is 12.7. The van der Waals surface area contributed by atoms with E-state index < -0.39 is 0 Å². The van der Waals surface area contributed by atoms with Crippen LogP contribution in [0.3, 0.4) is 0 Å². The van der Waals surface area contributed by atoms with E-state index in [1.165, 1.54) is 19.6 Å². The van der Waals surface area contributed by atoms with Gasteiger partial charge in [0.15, 0.2) is 11.6 Å². The second-order valence-corrected chi connectivity index (χ2v) is 7.24. The van der Waals surface area contributed by atoms with Gasteiger partial charge in [-0.2, -0.15) is 0 Å². The van der Waals surface area contributed by atoms with Crippen LogP contribution in [-0.2, 0) is 16.1 Å². The van der Waals surface area contributed by atoms with Crippen molar-refractivity contribution in [1.82, 2.24) is 9.80 Å². The zero-order chi connectivity index (χ0) is 18.4. The molecule has 5 nitrogen and oxygen atoms in total. The van der Waals surface area contributed by atoms with Gasteiger partial charge >= 0.3 is 0 Å². The Morgan fingerprint density at radius 3 is 2.88 bits per heavy atom. The van der Waals surface area contributed by atoms with E-state index in [0.29, 0.717) is 31.3 Å². The molecule has 2 fully saturated rings. The Hall–Kier alpha value is -1.66. The topological polar surface area (TPSA) is 42.0 Å². The molecule has 26 heavy (non-hydrogen) atoms. The van der Waals surface area contributed by atoms with Crippen molar-refractivity contribution >= 4 is 5.91 Å². The summed E-state index contributed by atoms with van der Waals surface area (Å²) in [5, 5.41) is 0.